The number of carbonyl (C=O) groups excluding carboxylic acids is 1. The highest BCUT2D eigenvalue weighted by Gasteiger charge is 2.50. The number of amides is 1. The van der Waals surface area contributed by atoms with E-state index in [0.29, 0.717) is 31.0 Å². The molecule has 2 aromatic carbocycles. The van der Waals surface area contributed by atoms with Crippen LogP contribution in [0.3, 0.4) is 0 Å². The van der Waals surface area contributed by atoms with E-state index in [1.54, 1.807) is 4.90 Å². The van der Waals surface area contributed by atoms with Crippen molar-refractivity contribution in [2.45, 2.75) is 58.2 Å². The van der Waals surface area contributed by atoms with Crippen molar-refractivity contribution < 1.29 is 9.55 Å². The van der Waals surface area contributed by atoms with Crippen LogP contribution in [0, 0.1) is 4.91 Å². The lowest BCUT2D eigenvalue weighted by Crippen LogP contribution is -2.45. The van der Waals surface area contributed by atoms with Crippen molar-refractivity contribution in [2.75, 3.05) is 6.54 Å². The monoisotopic (exact) mass is 497 g/mol. The summed E-state index contributed by atoms with van der Waals surface area (Å²) in [6.45, 7) is 3.26. The van der Waals surface area contributed by atoms with Crippen LogP contribution in [0.5, 0.6) is 0 Å². The highest BCUT2D eigenvalue weighted by molar-refractivity contribution is 5.97. The standard InChI is InChI=1S/C27H29N8O2/c1-2-3-4-10-22-28-26-24(27(36)33-16-7-11-23(33)35(26)37)34(22)17-18-12-14-19(15-13-18)20-8-5-6-9-21(20)25-29-31-32-30-25/h5-6,8-9,12-15,23H,2-4,7,10-11,16-17H2,1H3,(H,29,30,31,32)/q+1. The average Bonchev–Trinajstić information content (AvgIpc) is 3.69. The number of hydrogen-bond donors (Lipinski definition) is 1. The molecule has 0 saturated carbocycles. The fourth-order valence-corrected chi connectivity index (χ4v) is 5.43. The lowest BCUT2D eigenvalue weighted by atomic mass is 9.98. The Balaban J connectivity index is 1.34. The summed E-state index contributed by atoms with van der Waals surface area (Å²) >= 11 is 0. The number of aryl methyl sites for hydroxylation is 1. The third-order valence-corrected chi connectivity index (χ3v) is 7.32. The van der Waals surface area contributed by atoms with E-state index in [-0.39, 0.29) is 11.7 Å². The van der Waals surface area contributed by atoms with E-state index in [4.69, 9.17) is 4.98 Å². The van der Waals surface area contributed by atoms with E-state index in [0.717, 1.165) is 64.9 Å². The van der Waals surface area contributed by atoms with Gasteiger partial charge in [0, 0.05) is 29.7 Å². The number of tetrazole rings is 1. The zero-order valence-electron chi connectivity index (χ0n) is 20.8. The molecule has 1 fully saturated rings. The molecule has 37 heavy (non-hydrogen) atoms. The van der Waals surface area contributed by atoms with Crippen LogP contribution in [0.1, 0.15) is 60.9 Å². The smallest absolute Gasteiger partial charge is 0.295 e. The third-order valence-electron chi connectivity index (χ3n) is 7.32. The fourth-order valence-electron chi connectivity index (χ4n) is 5.43. The molecule has 4 heterocycles. The summed E-state index contributed by atoms with van der Waals surface area (Å²) in [5.41, 5.74) is 4.39. The van der Waals surface area contributed by atoms with E-state index in [2.05, 4.69) is 51.8 Å². The Hall–Kier alpha value is -4.21. The Bertz CT molecular complexity index is 1440. The maximum atomic E-state index is 13.5. The van der Waals surface area contributed by atoms with Crippen LogP contribution in [-0.4, -0.2) is 58.5 Å². The molecule has 10 heteroatoms. The van der Waals surface area contributed by atoms with E-state index >= 15 is 0 Å². The number of benzene rings is 2. The van der Waals surface area contributed by atoms with Gasteiger partial charge in [-0.1, -0.05) is 73.2 Å². The van der Waals surface area contributed by atoms with Crippen molar-refractivity contribution >= 4 is 11.7 Å². The lowest BCUT2D eigenvalue weighted by molar-refractivity contribution is -0.532. The molecule has 0 bridgehead atoms. The van der Waals surface area contributed by atoms with E-state index in [9.17, 15) is 9.70 Å². The minimum atomic E-state index is -0.426. The number of imidazole rings is 1. The summed E-state index contributed by atoms with van der Waals surface area (Å²) in [6.07, 6.45) is 4.99. The maximum absolute atomic E-state index is 13.5. The van der Waals surface area contributed by atoms with Crippen molar-refractivity contribution in [3.05, 3.63) is 70.5 Å². The predicted octanol–water partition coefficient (Wildman–Crippen LogP) is 4.50. The van der Waals surface area contributed by atoms with Gasteiger partial charge in [0.1, 0.15) is 0 Å². The number of nitrogens with zero attached hydrogens (tertiary/aromatic N) is 7. The second-order valence-electron chi connectivity index (χ2n) is 9.67. The largest absolute Gasteiger partial charge is 0.394 e. The van der Waals surface area contributed by atoms with Crippen LogP contribution in [0.25, 0.3) is 22.5 Å². The maximum Gasteiger partial charge on any atom is 0.394 e. The van der Waals surface area contributed by atoms with Gasteiger partial charge in [0.25, 0.3) is 5.91 Å². The van der Waals surface area contributed by atoms with Gasteiger partial charge in [0.2, 0.25) is 23.5 Å². The Labute approximate surface area is 214 Å². The fraction of sp³-hybridized carbons (Fsp3) is 0.370. The van der Waals surface area contributed by atoms with Gasteiger partial charge < -0.3 is 0 Å². The van der Waals surface area contributed by atoms with Gasteiger partial charge in [-0.25, -0.2) is 0 Å². The number of fused-ring (bicyclic) bond motifs is 2. The van der Waals surface area contributed by atoms with Crippen molar-refractivity contribution in [3.8, 4) is 22.5 Å². The number of aromatic nitrogens is 6. The van der Waals surface area contributed by atoms with Crippen LogP contribution in [0.15, 0.2) is 48.5 Å². The number of H-pyrrole nitrogens is 1. The Morgan fingerprint density at radius 2 is 1.89 bits per heavy atom. The molecule has 188 valence electrons. The first kappa shape index (κ1) is 23.2. The Morgan fingerprint density at radius 3 is 2.65 bits per heavy atom. The zero-order chi connectivity index (χ0) is 25.4. The molecule has 10 nitrogen and oxygen atoms in total. The topological polar surface area (TPSA) is 113 Å². The molecule has 1 atom stereocenters. The van der Waals surface area contributed by atoms with Gasteiger partial charge in [-0.2, -0.15) is 5.21 Å². The summed E-state index contributed by atoms with van der Waals surface area (Å²) < 4.78 is 2.93. The Morgan fingerprint density at radius 1 is 1.08 bits per heavy atom. The molecule has 0 radical (unpaired) electrons. The summed E-state index contributed by atoms with van der Waals surface area (Å²) in [7, 11) is 0. The molecule has 0 aliphatic carbocycles. The average molecular weight is 498 g/mol. The minimum Gasteiger partial charge on any atom is -0.295 e. The number of aromatic amines is 1. The molecule has 2 aliphatic rings. The number of carbonyl (C=O) groups is 1. The molecule has 2 aromatic heterocycles. The van der Waals surface area contributed by atoms with Crippen LogP contribution < -0.4 is 0 Å². The van der Waals surface area contributed by atoms with Gasteiger partial charge in [0.15, 0.2) is 0 Å². The molecular formula is C27H29N8O2+. The normalized spacial score (nSPS) is 16.8. The minimum absolute atomic E-state index is 0.0792. The number of nitroso groups, excluding NO2 is 1. The van der Waals surface area contributed by atoms with Crippen LogP contribution in [0.4, 0.5) is 5.82 Å². The molecule has 2 aliphatic heterocycles. The summed E-state index contributed by atoms with van der Waals surface area (Å²) in [4.78, 5) is 33.1. The molecule has 0 spiro atoms. The molecular weight excluding hydrogens is 468 g/mol. The highest BCUT2D eigenvalue weighted by Crippen LogP contribution is 2.35. The second kappa shape index (κ2) is 9.68. The number of rotatable bonds is 8. The molecule has 4 aromatic rings. The van der Waals surface area contributed by atoms with Gasteiger partial charge in [0.05, 0.1) is 6.54 Å². The molecule has 1 N–H and O–H groups in total. The molecule has 6 rings (SSSR count). The highest BCUT2D eigenvalue weighted by atomic mass is 16.3. The van der Waals surface area contributed by atoms with Gasteiger partial charge in [-0.05, 0) is 39.7 Å². The van der Waals surface area contributed by atoms with E-state index < -0.39 is 6.17 Å². The molecule has 1 unspecified atom stereocenters. The zero-order valence-corrected chi connectivity index (χ0v) is 20.8. The van der Waals surface area contributed by atoms with Gasteiger partial charge in [-0.3, -0.25) is 14.3 Å². The summed E-state index contributed by atoms with van der Waals surface area (Å²) in [6, 6.07) is 16.2. The van der Waals surface area contributed by atoms with Crippen molar-refractivity contribution in [3.63, 3.8) is 0 Å². The molecule has 1 amide bonds. The second-order valence-corrected chi connectivity index (χ2v) is 9.67. The quantitative estimate of drug-likeness (QED) is 0.283. The summed E-state index contributed by atoms with van der Waals surface area (Å²) in [5.74, 6) is 1.55. The third kappa shape index (κ3) is 4.12. The first-order valence-electron chi connectivity index (χ1n) is 12.9. The lowest BCUT2D eigenvalue weighted by Gasteiger charge is -2.24. The van der Waals surface area contributed by atoms with Gasteiger partial charge >= 0.3 is 5.82 Å². The number of nitrogens with one attached hydrogen (secondary N) is 1. The van der Waals surface area contributed by atoms with Crippen molar-refractivity contribution in [1.82, 2.24) is 35.1 Å². The predicted molar refractivity (Wildman–Crippen MR) is 137 cm³/mol. The van der Waals surface area contributed by atoms with Gasteiger partial charge in [-0.15, -0.1) is 10.2 Å². The van der Waals surface area contributed by atoms with Crippen LogP contribution in [-0.2, 0) is 13.0 Å². The molecule has 1 saturated heterocycles. The SMILES string of the molecule is CCCCCc1nc2c(n1Cc1ccc(-c3ccccc3-c3nn[nH]n3)cc1)C(=O)N1CCCC1[N+]2=O. The number of hydrogen-bond acceptors (Lipinski definition) is 6. The van der Waals surface area contributed by atoms with E-state index in [1.807, 2.05) is 28.8 Å². The van der Waals surface area contributed by atoms with E-state index in [1.165, 1.54) is 0 Å². The van der Waals surface area contributed by atoms with Crippen LogP contribution >= 0.6 is 0 Å². The van der Waals surface area contributed by atoms with Crippen molar-refractivity contribution in [2.24, 2.45) is 0 Å². The first-order chi connectivity index (χ1) is 18.2. The first-order valence-corrected chi connectivity index (χ1v) is 12.9. The summed E-state index contributed by atoms with van der Waals surface area (Å²) in [5, 5.41) is 14.5. The van der Waals surface area contributed by atoms with Crippen molar-refractivity contribution in [1.29, 1.82) is 0 Å². The number of unbranched alkanes of at least 4 members (excludes halogenated alkanes) is 2. The van der Waals surface area contributed by atoms with Crippen LogP contribution in [0.2, 0.25) is 0 Å². The Kier molecular flexibility index (Phi) is 6.07.